The van der Waals surface area contributed by atoms with Crippen molar-refractivity contribution in [2.75, 3.05) is 13.7 Å². The summed E-state index contributed by atoms with van der Waals surface area (Å²) in [4.78, 5) is 5.60. The lowest BCUT2D eigenvalue weighted by Gasteiger charge is -2.00. The van der Waals surface area contributed by atoms with Gasteiger partial charge < -0.3 is 10.1 Å². The summed E-state index contributed by atoms with van der Waals surface area (Å²) in [5.41, 5.74) is 1.43. The van der Waals surface area contributed by atoms with Crippen molar-refractivity contribution in [1.29, 1.82) is 0 Å². The van der Waals surface area contributed by atoms with Crippen LogP contribution in [0.3, 0.4) is 0 Å². The normalized spacial score (nSPS) is 10.9. The molecule has 0 atom stereocenters. The summed E-state index contributed by atoms with van der Waals surface area (Å²) < 4.78 is 18.9. The van der Waals surface area contributed by atoms with Gasteiger partial charge in [-0.3, -0.25) is 0 Å². The van der Waals surface area contributed by atoms with Gasteiger partial charge in [0, 0.05) is 24.1 Å². The van der Waals surface area contributed by atoms with Gasteiger partial charge in [-0.15, -0.1) is 11.3 Å². The third-order valence-corrected chi connectivity index (χ3v) is 3.83. The average molecular weight is 280 g/mol. The number of benzene rings is 1. The van der Waals surface area contributed by atoms with Crippen LogP contribution in [0.4, 0.5) is 4.39 Å². The molecule has 0 fully saturated rings. The number of thiazole rings is 1. The highest BCUT2D eigenvalue weighted by atomic mass is 32.1. The van der Waals surface area contributed by atoms with Crippen molar-refractivity contribution in [2.45, 2.75) is 20.1 Å². The first kappa shape index (κ1) is 14.1. The zero-order valence-corrected chi connectivity index (χ0v) is 11.9. The van der Waals surface area contributed by atoms with Crippen LogP contribution < -0.4 is 5.32 Å². The zero-order valence-electron chi connectivity index (χ0n) is 11.1. The molecule has 1 N–H and O–H groups in total. The van der Waals surface area contributed by atoms with Crippen LogP contribution in [-0.2, 0) is 17.9 Å². The molecule has 0 saturated carbocycles. The van der Waals surface area contributed by atoms with Gasteiger partial charge in [0.2, 0.25) is 0 Å². The van der Waals surface area contributed by atoms with Gasteiger partial charge in [0.1, 0.15) is 10.8 Å². The first-order valence-corrected chi connectivity index (χ1v) is 7.01. The number of nitrogens with one attached hydrogen (secondary N) is 1. The first-order valence-electron chi connectivity index (χ1n) is 6.19. The molecule has 0 spiro atoms. The van der Waals surface area contributed by atoms with E-state index in [1.54, 1.807) is 19.2 Å². The summed E-state index contributed by atoms with van der Waals surface area (Å²) in [5, 5.41) is 3.97. The summed E-state index contributed by atoms with van der Waals surface area (Å²) in [7, 11) is 1.64. The molecule has 0 amide bonds. The molecule has 2 rings (SSSR count). The van der Waals surface area contributed by atoms with E-state index >= 15 is 0 Å². The molecule has 19 heavy (non-hydrogen) atoms. The Morgan fingerprint density at radius 3 is 2.84 bits per heavy atom. The quantitative estimate of drug-likeness (QED) is 0.882. The maximum Gasteiger partial charge on any atom is 0.133 e. The predicted octanol–water partition coefficient (Wildman–Crippen LogP) is 3.21. The molecule has 2 aromatic rings. The predicted molar refractivity (Wildman–Crippen MR) is 75.6 cm³/mol. The van der Waals surface area contributed by atoms with Crippen molar-refractivity contribution in [2.24, 2.45) is 0 Å². The zero-order chi connectivity index (χ0) is 13.7. The van der Waals surface area contributed by atoms with Crippen LogP contribution >= 0.6 is 11.3 Å². The largest absolute Gasteiger partial charge is 0.378 e. The molecule has 0 aliphatic carbocycles. The fraction of sp³-hybridized carbons (Fsp3) is 0.357. The summed E-state index contributed by atoms with van der Waals surface area (Å²) in [6, 6.07) is 6.71. The van der Waals surface area contributed by atoms with Crippen molar-refractivity contribution in [3.05, 3.63) is 40.7 Å². The van der Waals surface area contributed by atoms with Crippen LogP contribution in [0, 0.1) is 5.82 Å². The molecule has 3 nitrogen and oxygen atoms in total. The average Bonchev–Trinajstić information content (AvgIpc) is 2.80. The third-order valence-electron chi connectivity index (χ3n) is 2.70. The van der Waals surface area contributed by atoms with Crippen LogP contribution in [0.1, 0.15) is 17.5 Å². The Bertz CT molecular complexity index is 542. The maximum absolute atomic E-state index is 13.8. The second-order valence-corrected chi connectivity index (χ2v) is 5.17. The second kappa shape index (κ2) is 6.75. The van der Waals surface area contributed by atoms with Crippen molar-refractivity contribution in [1.82, 2.24) is 10.3 Å². The fourth-order valence-electron chi connectivity index (χ4n) is 1.76. The molecule has 0 bridgehead atoms. The third kappa shape index (κ3) is 3.37. The molecule has 0 aliphatic rings. The molecule has 1 heterocycles. The van der Waals surface area contributed by atoms with Gasteiger partial charge in [-0.05, 0) is 18.7 Å². The highest BCUT2D eigenvalue weighted by Crippen LogP contribution is 2.30. The summed E-state index contributed by atoms with van der Waals surface area (Å²) >= 11 is 1.51. The van der Waals surface area contributed by atoms with E-state index in [0.29, 0.717) is 17.2 Å². The Kier molecular flexibility index (Phi) is 5.01. The SMILES string of the molecule is CCNCc1sc(-c2ccccc2F)nc1COC. The Balaban J connectivity index is 2.34. The summed E-state index contributed by atoms with van der Waals surface area (Å²) in [5.74, 6) is -0.241. The minimum absolute atomic E-state index is 0.241. The Morgan fingerprint density at radius 1 is 1.37 bits per heavy atom. The molecule has 102 valence electrons. The summed E-state index contributed by atoms with van der Waals surface area (Å²) in [6.07, 6.45) is 0. The first-order chi connectivity index (χ1) is 9.26. The summed E-state index contributed by atoms with van der Waals surface area (Å²) in [6.45, 7) is 4.13. The van der Waals surface area contributed by atoms with E-state index < -0.39 is 0 Å². The number of nitrogens with zero attached hydrogens (tertiary/aromatic N) is 1. The fourth-order valence-corrected chi connectivity index (χ4v) is 2.82. The number of halogens is 1. The van der Waals surface area contributed by atoms with E-state index in [9.17, 15) is 4.39 Å². The molecule has 0 aliphatic heterocycles. The Labute approximate surface area is 116 Å². The Morgan fingerprint density at radius 2 is 2.16 bits per heavy atom. The van der Waals surface area contributed by atoms with Gasteiger partial charge in [0.15, 0.2) is 0 Å². The molecule has 1 aromatic carbocycles. The van der Waals surface area contributed by atoms with Gasteiger partial charge in [-0.25, -0.2) is 9.37 Å². The van der Waals surface area contributed by atoms with E-state index in [1.807, 2.05) is 6.07 Å². The maximum atomic E-state index is 13.8. The van der Waals surface area contributed by atoms with Crippen LogP contribution in [0.25, 0.3) is 10.6 Å². The van der Waals surface area contributed by atoms with Crippen LogP contribution in [0.2, 0.25) is 0 Å². The van der Waals surface area contributed by atoms with Gasteiger partial charge in [-0.1, -0.05) is 19.1 Å². The second-order valence-electron chi connectivity index (χ2n) is 4.08. The van der Waals surface area contributed by atoms with E-state index in [4.69, 9.17) is 4.74 Å². The van der Waals surface area contributed by atoms with Gasteiger partial charge in [-0.2, -0.15) is 0 Å². The van der Waals surface area contributed by atoms with E-state index in [0.717, 1.165) is 23.7 Å². The van der Waals surface area contributed by atoms with Gasteiger partial charge in [0.05, 0.1) is 12.3 Å². The van der Waals surface area contributed by atoms with Crippen LogP contribution in [-0.4, -0.2) is 18.6 Å². The van der Waals surface area contributed by atoms with Crippen LogP contribution in [0.5, 0.6) is 0 Å². The monoisotopic (exact) mass is 280 g/mol. The van der Waals surface area contributed by atoms with Crippen LogP contribution in [0.15, 0.2) is 24.3 Å². The number of hydrogen-bond donors (Lipinski definition) is 1. The van der Waals surface area contributed by atoms with Crippen molar-refractivity contribution in [3.8, 4) is 10.6 Å². The topological polar surface area (TPSA) is 34.2 Å². The molecular weight excluding hydrogens is 263 g/mol. The highest BCUT2D eigenvalue weighted by Gasteiger charge is 2.14. The van der Waals surface area contributed by atoms with Crippen molar-refractivity contribution < 1.29 is 9.13 Å². The standard InChI is InChI=1S/C14H17FN2OS/c1-3-16-8-13-12(9-18-2)17-14(19-13)10-6-4-5-7-11(10)15/h4-7,16H,3,8-9H2,1-2H3. The van der Waals surface area contributed by atoms with E-state index in [1.165, 1.54) is 17.4 Å². The molecule has 1 aromatic heterocycles. The number of methoxy groups -OCH3 is 1. The molecule has 0 unspecified atom stereocenters. The van der Waals surface area contributed by atoms with Crippen molar-refractivity contribution in [3.63, 3.8) is 0 Å². The van der Waals surface area contributed by atoms with Crippen molar-refractivity contribution >= 4 is 11.3 Å². The number of rotatable bonds is 6. The smallest absolute Gasteiger partial charge is 0.133 e. The minimum atomic E-state index is -0.241. The van der Waals surface area contributed by atoms with E-state index in [2.05, 4.69) is 17.2 Å². The number of ether oxygens (including phenoxy) is 1. The van der Waals surface area contributed by atoms with Gasteiger partial charge in [0.25, 0.3) is 0 Å². The highest BCUT2D eigenvalue weighted by molar-refractivity contribution is 7.15. The number of hydrogen-bond acceptors (Lipinski definition) is 4. The van der Waals surface area contributed by atoms with Gasteiger partial charge >= 0.3 is 0 Å². The van der Waals surface area contributed by atoms with E-state index in [-0.39, 0.29) is 5.82 Å². The minimum Gasteiger partial charge on any atom is -0.378 e. The molecule has 0 radical (unpaired) electrons. The Hall–Kier alpha value is -1.30. The lowest BCUT2D eigenvalue weighted by molar-refractivity contribution is 0.181. The number of aromatic nitrogens is 1. The lowest BCUT2D eigenvalue weighted by atomic mass is 10.2. The molecule has 5 heteroatoms. The lowest BCUT2D eigenvalue weighted by Crippen LogP contribution is -2.12. The molecular formula is C14H17FN2OS. The molecule has 0 saturated heterocycles.